The summed E-state index contributed by atoms with van der Waals surface area (Å²) in [5, 5.41) is 12.1. The lowest BCUT2D eigenvalue weighted by molar-refractivity contribution is 1.08. The zero-order valence-corrected chi connectivity index (χ0v) is 30.3. The molecular formula is C52H32N4. The number of imidazole rings is 1. The topological polar surface area (TPSA) is 35.6 Å². The van der Waals surface area contributed by atoms with Crippen LogP contribution in [0.25, 0.3) is 110 Å². The number of fused-ring (bicyclic) bond motifs is 11. The normalized spacial score (nSPS) is 11.9. The van der Waals surface area contributed by atoms with Crippen LogP contribution < -0.4 is 0 Å². The summed E-state index contributed by atoms with van der Waals surface area (Å²) in [5.74, 6) is 1.80. The largest absolute Gasteiger partial charge is 0.294 e. The van der Waals surface area contributed by atoms with E-state index in [1.807, 2.05) is 18.3 Å². The Morgan fingerprint density at radius 1 is 0.375 bits per heavy atom. The minimum absolute atomic E-state index is 0.899. The molecule has 0 aliphatic carbocycles. The zero-order chi connectivity index (χ0) is 36.7. The summed E-state index contributed by atoms with van der Waals surface area (Å²) < 4.78 is 4.64. The molecule has 12 rings (SSSR count). The Labute approximate surface area is 322 Å². The van der Waals surface area contributed by atoms with Gasteiger partial charge in [-0.05, 0) is 98.0 Å². The Morgan fingerprint density at radius 2 is 0.946 bits per heavy atom. The molecule has 0 fully saturated rings. The molecule has 3 heterocycles. The monoisotopic (exact) mass is 712 g/mol. The number of para-hydroxylation sites is 1. The first-order chi connectivity index (χ1) is 27.8. The maximum Gasteiger partial charge on any atom is 0.145 e. The average Bonchev–Trinajstić information content (AvgIpc) is 3.83. The fourth-order valence-corrected chi connectivity index (χ4v) is 9.10. The fourth-order valence-electron chi connectivity index (χ4n) is 9.10. The molecule has 260 valence electrons. The van der Waals surface area contributed by atoms with Crippen molar-refractivity contribution in [3.05, 3.63) is 194 Å². The molecule has 9 aromatic carbocycles. The van der Waals surface area contributed by atoms with Crippen molar-refractivity contribution < 1.29 is 0 Å². The predicted molar refractivity (Wildman–Crippen MR) is 234 cm³/mol. The Morgan fingerprint density at radius 3 is 1.66 bits per heavy atom. The molecule has 12 aromatic rings. The van der Waals surface area contributed by atoms with Crippen LogP contribution >= 0.6 is 0 Å². The number of hydrogen-bond donors (Lipinski definition) is 0. The van der Waals surface area contributed by atoms with Crippen LogP contribution in [-0.4, -0.2) is 19.1 Å². The molecule has 0 saturated carbocycles. The number of nitrogens with zero attached hydrogens (tertiary/aromatic N) is 4. The fraction of sp³-hybridized carbons (Fsp3) is 0. The van der Waals surface area contributed by atoms with E-state index >= 15 is 0 Å². The molecule has 3 aromatic heterocycles. The van der Waals surface area contributed by atoms with Gasteiger partial charge in [0.15, 0.2) is 0 Å². The van der Waals surface area contributed by atoms with Gasteiger partial charge in [0, 0.05) is 39.0 Å². The third-order valence-corrected chi connectivity index (χ3v) is 11.5. The summed E-state index contributed by atoms with van der Waals surface area (Å²) in [6, 6.07) is 67.7. The Bertz CT molecular complexity index is 3470. The van der Waals surface area contributed by atoms with Crippen LogP contribution in [0.15, 0.2) is 194 Å². The van der Waals surface area contributed by atoms with Crippen LogP contribution in [0.5, 0.6) is 0 Å². The molecule has 0 N–H and O–H groups in total. The Balaban J connectivity index is 1.14. The predicted octanol–water partition coefficient (Wildman–Crippen LogP) is 13.5. The first kappa shape index (κ1) is 30.9. The van der Waals surface area contributed by atoms with Gasteiger partial charge in [-0.3, -0.25) is 9.13 Å². The maximum absolute atomic E-state index is 5.60. The van der Waals surface area contributed by atoms with Crippen LogP contribution in [0.2, 0.25) is 0 Å². The molecule has 0 saturated heterocycles. The number of aromatic nitrogens is 4. The molecular weight excluding hydrogens is 681 g/mol. The lowest BCUT2D eigenvalue weighted by Crippen LogP contribution is -1.99. The van der Waals surface area contributed by atoms with Crippen molar-refractivity contribution in [2.24, 2.45) is 0 Å². The van der Waals surface area contributed by atoms with E-state index in [1.54, 1.807) is 0 Å². The van der Waals surface area contributed by atoms with Crippen LogP contribution in [0.1, 0.15) is 0 Å². The minimum atomic E-state index is 0.899. The Kier molecular flexibility index (Phi) is 6.60. The molecule has 0 aliphatic heterocycles. The number of hydrogen-bond acceptors (Lipinski definition) is 2. The highest BCUT2D eigenvalue weighted by atomic mass is 15.1. The van der Waals surface area contributed by atoms with Gasteiger partial charge >= 0.3 is 0 Å². The number of benzene rings is 9. The number of rotatable bonds is 4. The molecule has 56 heavy (non-hydrogen) atoms. The van der Waals surface area contributed by atoms with Crippen LogP contribution in [0.3, 0.4) is 0 Å². The molecule has 0 atom stereocenters. The van der Waals surface area contributed by atoms with Crippen LogP contribution in [-0.2, 0) is 0 Å². The molecule has 4 heteroatoms. The van der Waals surface area contributed by atoms with Crippen molar-refractivity contribution in [3.8, 4) is 34.0 Å². The van der Waals surface area contributed by atoms with E-state index in [4.69, 9.17) is 9.97 Å². The van der Waals surface area contributed by atoms with Crippen molar-refractivity contribution in [3.63, 3.8) is 0 Å². The van der Waals surface area contributed by atoms with Gasteiger partial charge in [-0.15, -0.1) is 0 Å². The van der Waals surface area contributed by atoms with E-state index in [0.29, 0.717) is 0 Å². The van der Waals surface area contributed by atoms with Gasteiger partial charge in [0.25, 0.3) is 0 Å². The van der Waals surface area contributed by atoms with E-state index in [9.17, 15) is 0 Å². The number of pyridine rings is 1. The summed E-state index contributed by atoms with van der Waals surface area (Å²) in [6.45, 7) is 0. The van der Waals surface area contributed by atoms with Gasteiger partial charge in [-0.1, -0.05) is 133 Å². The summed E-state index contributed by atoms with van der Waals surface area (Å²) in [7, 11) is 0. The molecule has 0 radical (unpaired) electrons. The highest BCUT2D eigenvalue weighted by molar-refractivity contribution is 6.24. The molecule has 0 aliphatic rings. The quantitative estimate of drug-likeness (QED) is 0.135. The lowest BCUT2D eigenvalue weighted by atomic mass is 9.92. The molecule has 0 unspecified atom stereocenters. The van der Waals surface area contributed by atoms with Gasteiger partial charge < -0.3 is 0 Å². The van der Waals surface area contributed by atoms with E-state index < -0.39 is 0 Å². The van der Waals surface area contributed by atoms with Gasteiger partial charge in [0.1, 0.15) is 11.6 Å². The van der Waals surface area contributed by atoms with Crippen molar-refractivity contribution >= 4 is 75.9 Å². The first-order valence-electron chi connectivity index (χ1n) is 19.1. The van der Waals surface area contributed by atoms with Crippen LogP contribution in [0, 0.1) is 0 Å². The first-order valence-corrected chi connectivity index (χ1v) is 19.1. The summed E-state index contributed by atoms with van der Waals surface area (Å²) in [6.07, 6.45) is 1.86. The standard InChI is InChI=1S/C52H32N4/c1-3-15-38-34(13-1)31-35-14-2-4-16-39(35)49(38)33-24-27-37(28-25-33)55-51-44-21-8-6-18-41(44)40-17-5-7-20-43(40)50(51)54-52(55)36-26-29-47-45(32-36)42-19-9-10-22-46(42)56(47)48-23-11-12-30-53-48/h1-32H. The molecule has 0 bridgehead atoms. The van der Waals surface area contributed by atoms with E-state index in [0.717, 1.165) is 55.7 Å². The molecule has 0 amide bonds. The summed E-state index contributed by atoms with van der Waals surface area (Å²) >= 11 is 0. The van der Waals surface area contributed by atoms with E-state index in [1.165, 1.54) is 54.2 Å². The minimum Gasteiger partial charge on any atom is -0.294 e. The Hall–Kier alpha value is -7.56. The summed E-state index contributed by atoms with van der Waals surface area (Å²) in [4.78, 5) is 10.3. The van der Waals surface area contributed by atoms with E-state index in [-0.39, 0.29) is 0 Å². The second-order valence-electron chi connectivity index (χ2n) is 14.6. The zero-order valence-electron chi connectivity index (χ0n) is 30.3. The van der Waals surface area contributed by atoms with Crippen LogP contribution in [0.4, 0.5) is 0 Å². The van der Waals surface area contributed by atoms with Gasteiger partial charge in [0.2, 0.25) is 0 Å². The van der Waals surface area contributed by atoms with E-state index in [2.05, 4.69) is 185 Å². The smallest absolute Gasteiger partial charge is 0.145 e. The van der Waals surface area contributed by atoms with Crippen molar-refractivity contribution in [2.45, 2.75) is 0 Å². The van der Waals surface area contributed by atoms with Crippen molar-refractivity contribution in [1.29, 1.82) is 0 Å². The highest BCUT2D eigenvalue weighted by Crippen LogP contribution is 2.42. The van der Waals surface area contributed by atoms with Gasteiger partial charge in [-0.25, -0.2) is 9.97 Å². The second kappa shape index (κ2) is 12.0. The molecule has 4 nitrogen and oxygen atoms in total. The van der Waals surface area contributed by atoms with Crippen molar-refractivity contribution in [1.82, 2.24) is 19.1 Å². The SMILES string of the molecule is c1ccc(-n2c3ccccc3c3cc(-c4nc5c6ccccc6c6ccccc6c5n4-c4ccc(-c5c6ccccc6cc6ccccc56)cc4)ccc32)nc1. The average molecular weight is 713 g/mol. The maximum atomic E-state index is 5.60. The van der Waals surface area contributed by atoms with Crippen molar-refractivity contribution in [2.75, 3.05) is 0 Å². The van der Waals surface area contributed by atoms with Gasteiger partial charge in [-0.2, -0.15) is 0 Å². The third-order valence-electron chi connectivity index (χ3n) is 11.5. The van der Waals surface area contributed by atoms with Gasteiger partial charge in [0.05, 0.1) is 22.1 Å². The summed E-state index contributed by atoms with van der Waals surface area (Å²) in [5.41, 5.74) is 8.89. The highest BCUT2D eigenvalue weighted by Gasteiger charge is 2.22. The lowest BCUT2D eigenvalue weighted by Gasteiger charge is -2.15. The third kappa shape index (κ3) is 4.47. The second-order valence-corrected chi connectivity index (χ2v) is 14.6. The molecule has 0 spiro atoms.